The van der Waals surface area contributed by atoms with Crippen LogP contribution in [0.1, 0.15) is 20.3 Å². The largest absolute Gasteiger partial charge is 0.479 e. The second-order valence-electron chi connectivity index (χ2n) is 3.58. The minimum Gasteiger partial charge on any atom is -0.479 e. The number of rotatable bonds is 3. The van der Waals surface area contributed by atoms with Gasteiger partial charge in [0.2, 0.25) is 0 Å². The van der Waals surface area contributed by atoms with Crippen LogP contribution in [0, 0.1) is 0 Å². The van der Waals surface area contributed by atoms with E-state index >= 15 is 0 Å². The Labute approximate surface area is 77.1 Å². The van der Waals surface area contributed by atoms with Gasteiger partial charge in [0.15, 0.2) is 11.4 Å². The Kier molecular flexibility index (Phi) is 2.45. The molecule has 1 N–H and O–H groups in total. The molecule has 0 aromatic carbocycles. The minimum absolute atomic E-state index is 0.0708. The summed E-state index contributed by atoms with van der Waals surface area (Å²) in [7, 11) is 0. The molecule has 1 fully saturated rings. The number of aliphatic carboxylic acids is 1. The van der Waals surface area contributed by atoms with Gasteiger partial charge in [-0.15, -0.1) is 6.58 Å². The van der Waals surface area contributed by atoms with Crippen LogP contribution in [0.2, 0.25) is 0 Å². The summed E-state index contributed by atoms with van der Waals surface area (Å²) in [4.78, 5) is 10.9. The van der Waals surface area contributed by atoms with E-state index in [1.165, 1.54) is 6.08 Å². The number of carboxylic acid groups (broad SMARTS) is 1. The third-order valence-electron chi connectivity index (χ3n) is 1.96. The van der Waals surface area contributed by atoms with Gasteiger partial charge in [-0.1, -0.05) is 6.08 Å². The fraction of sp³-hybridized carbons (Fsp3) is 0.667. The van der Waals surface area contributed by atoms with E-state index < -0.39 is 17.4 Å². The van der Waals surface area contributed by atoms with E-state index in [2.05, 4.69) is 6.58 Å². The lowest BCUT2D eigenvalue weighted by Gasteiger charge is -2.23. The number of hydrogen-bond acceptors (Lipinski definition) is 3. The van der Waals surface area contributed by atoms with Gasteiger partial charge in [-0.05, 0) is 13.8 Å². The summed E-state index contributed by atoms with van der Waals surface area (Å²) in [5, 5.41) is 8.97. The molecule has 4 heteroatoms. The second-order valence-corrected chi connectivity index (χ2v) is 3.58. The summed E-state index contributed by atoms with van der Waals surface area (Å²) >= 11 is 0. The third-order valence-corrected chi connectivity index (χ3v) is 1.96. The summed E-state index contributed by atoms with van der Waals surface area (Å²) < 4.78 is 10.6. The van der Waals surface area contributed by atoms with Gasteiger partial charge in [0, 0.05) is 6.42 Å². The highest BCUT2D eigenvalue weighted by atomic mass is 16.8. The number of ether oxygens (including phenoxy) is 2. The molecule has 13 heavy (non-hydrogen) atoms. The molecule has 1 unspecified atom stereocenters. The summed E-state index contributed by atoms with van der Waals surface area (Å²) in [5.41, 5.74) is -1.24. The van der Waals surface area contributed by atoms with Gasteiger partial charge >= 0.3 is 5.97 Å². The Bertz CT molecular complexity index is 234. The van der Waals surface area contributed by atoms with Gasteiger partial charge in [-0.2, -0.15) is 0 Å². The summed E-state index contributed by atoms with van der Waals surface area (Å²) in [6.45, 7) is 6.96. The third kappa shape index (κ3) is 1.89. The van der Waals surface area contributed by atoms with Crippen molar-refractivity contribution in [1.82, 2.24) is 0 Å². The average molecular weight is 186 g/mol. The highest BCUT2D eigenvalue weighted by Crippen LogP contribution is 2.33. The molecule has 1 heterocycles. The lowest BCUT2D eigenvalue weighted by Crippen LogP contribution is -2.42. The molecule has 1 aliphatic heterocycles. The van der Waals surface area contributed by atoms with Crippen molar-refractivity contribution in [2.75, 3.05) is 6.61 Å². The maximum atomic E-state index is 10.9. The smallest absolute Gasteiger partial charge is 0.338 e. The average Bonchev–Trinajstić information content (AvgIpc) is 2.28. The predicted octanol–water partition coefficient (Wildman–Crippen LogP) is 1.17. The highest BCUT2D eigenvalue weighted by Gasteiger charge is 2.50. The SMILES string of the molecule is C=CCC1(C(=O)O)COC(C)(C)O1. The van der Waals surface area contributed by atoms with Gasteiger partial charge in [0.1, 0.15) is 0 Å². The van der Waals surface area contributed by atoms with E-state index in [9.17, 15) is 4.79 Å². The van der Waals surface area contributed by atoms with E-state index in [-0.39, 0.29) is 13.0 Å². The topological polar surface area (TPSA) is 55.8 Å². The maximum absolute atomic E-state index is 10.9. The lowest BCUT2D eigenvalue weighted by molar-refractivity contribution is -0.184. The summed E-state index contributed by atoms with van der Waals surface area (Å²) in [6, 6.07) is 0. The molecule has 0 aliphatic carbocycles. The number of carboxylic acids is 1. The Hall–Kier alpha value is -0.870. The molecular weight excluding hydrogens is 172 g/mol. The van der Waals surface area contributed by atoms with Crippen molar-refractivity contribution < 1.29 is 19.4 Å². The van der Waals surface area contributed by atoms with Crippen molar-refractivity contribution in [3.63, 3.8) is 0 Å². The molecule has 0 aromatic rings. The molecule has 0 radical (unpaired) electrons. The zero-order valence-electron chi connectivity index (χ0n) is 7.87. The monoisotopic (exact) mass is 186 g/mol. The minimum atomic E-state index is -1.24. The van der Waals surface area contributed by atoms with E-state index in [1.54, 1.807) is 13.8 Å². The van der Waals surface area contributed by atoms with Crippen LogP contribution in [0.4, 0.5) is 0 Å². The van der Waals surface area contributed by atoms with Crippen LogP contribution >= 0.6 is 0 Å². The Morgan fingerprint density at radius 3 is 2.62 bits per heavy atom. The van der Waals surface area contributed by atoms with Gasteiger partial charge in [0.25, 0.3) is 0 Å². The van der Waals surface area contributed by atoms with Crippen LogP contribution in [0.3, 0.4) is 0 Å². The van der Waals surface area contributed by atoms with Gasteiger partial charge < -0.3 is 14.6 Å². The molecule has 0 saturated carbocycles. The van der Waals surface area contributed by atoms with Crippen LogP contribution in [0.5, 0.6) is 0 Å². The van der Waals surface area contributed by atoms with E-state index in [1.807, 2.05) is 0 Å². The standard InChI is InChI=1S/C9H14O4/c1-4-5-9(7(10)11)6-12-8(2,3)13-9/h4H,1,5-6H2,2-3H3,(H,10,11). The molecule has 4 nitrogen and oxygen atoms in total. The first kappa shape index (κ1) is 10.2. The van der Waals surface area contributed by atoms with Crippen LogP contribution in [0.15, 0.2) is 12.7 Å². The maximum Gasteiger partial charge on any atom is 0.338 e. The van der Waals surface area contributed by atoms with Crippen molar-refractivity contribution in [1.29, 1.82) is 0 Å². The van der Waals surface area contributed by atoms with Gasteiger partial charge in [-0.25, -0.2) is 4.79 Å². The molecule has 1 saturated heterocycles. The van der Waals surface area contributed by atoms with Crippen molar-refractivity contribution in [2.24, 2.45) is 0 Å². The van der Waals surface area contributed by atoms with Crippen molar-refractivity contribution >= 4 is 5.97 Å². The molecule has 0 amide bonds. The van der Waals surface area contributed by atoms with Crippen molar-refractivity contribution in [3.05, 3.63) is 12.7 Å². The highest BCUT2D eigenvalue weighted by molar-refractivity contribution is 5.78. The van der Waals surface area contributed by atoms with Crippen molar-refractivity contribution in [2.45, 2.75) is 31.7 Å². The molecule has 0 aromatic heterocycles. The molecule has 74 valence electrons. The molecule has 1 rings (SSSR count). The van der Waals surface area contributed by atoms with Crippen LogP contribution < -0.4 is 0 Å². The van der Waals surface area contributed by atoms with E-state index in [0.29, 0.717) is 0 Å². The lowest BCUT2D eigenvalue weighted by atomic mass is 10.0. The Morgan fingerprint density at radius 2 is 2.31 bits per heavy atom. The van der Waals surface area contributed by atoms with E-state index in [4.69, 9.17) is 14.6 Å². The molecule has 1 atom stereocenters. The van der Waals surface area contributed by atoms with Gasteiger partial charge in [-0.3, -0.25) is 0 Å². The Balaban J connectivity index is 2.83. The Morgan fingerprint density at radius 1 is 1.69 bits per heavy atom. The van der Waals surface area contributed by atoms with Crippen LogP contribution in [-0.4, -0.2) is 29.1 Å². The quantitative estimate of drug-likeness (QED) is 0.672. The van der Waals surface area contributed by atoms with E-state index in [0.717, 1.165) is 0 Å². The molecular formula is C9H14O4. The second kappa shape index (κ2) is 3.12. The first-order valence-electron chi connectivity index (χ1n) is 4.10. The fourth-order valence-corrected chi connectivity index (χ4v) is 1.35. The number of carbonyl (C=O) groups is 1. The summed E-state index contributed by atoms with van der Waals surface area (Å²) in [6.07, 6.45) is 1.78. The zero-order chi connectivity index (χ0) is 10.1. The number of hydrogen-bond donors (Lipinski definition) is 1. The molecule has 1 aliphatic rings. The zero-order valence-corrected chi connectivity index (χ0v) is 7.87. The predicted molar refractivity (Wildman–Crippen MR) is 46.3 cm³/mol. The molecule has 0 bridgehead atoms. The van der Waals surface area contributed by atoms with Crippen LogP contribution in [-0.2, 0) is 14.3 Å². The van der Waals surface area contributed by atoms with Crippen molar-refractivity contribution in [3.8, 4) is 0 Å². The first-order valence-corrected chi connectivity index (χ1v) is 4.10. The normalized spacial score (nSPS) is 31.5. The first-order chi connectivity index (χ1) is 5.92. The molecule has 0 spiro atoms. The van der Waals surface area contributed by atoms with Crippen LogP contribution in [0.25, 0.3) is 0 Å². The van der Waals surface area contributed by atoms with Gasteiger partial charge in [0.05, 0.1) is 6.61 Å². The fourth-order valence-electron chi connectivity index (χ4n) is 1.35. The summed E-state index contributed by atoms with van der Waals surface area (Å²) in [5.74, 6) is -1.82.